The predicted octanol–water partition coefficient (Wildman–Crippen LogP) is 0.838. The van der Waals surface area contributed by atoms with Crippen LogP contribution in [0.4, 0.5) is 0 Å². The summed E-state index contributed by atoms with van der Waals surface area (Å²) in [6.07, 6.45) is 1.76. The van der Waals surface area contributed by atoms with E-state index in [4.69, 9.17) is 4.74 Å². The van der Waals surface area contributed by atoms with Gasteiger partial charge >= 0.3 is 0 Å². The van der Waals surface area contributed by atoms with E-state index in [0.29, 0.717) is 25.6 Å². The molecule has 0 aliphatic carbocycles. The van der Waals surface area contributed by atoms with Gasteiger partial charge < -0.3 is 20.5 Å². The molecular formula is C17H30IN5O2. The molecule has 0 spiro atoms. The average molecular weight is 463 g/mol. The molecule has 25 heavy (non-hydrogen) atoms. The fourth-order valence-corrected chi connectivity index (χ4v) is 2.56. The van der Waals surface area contributed by atoms with Gasteiger partial charge in [0.25, 0.3) is 0 Å². The Labute approximate surface area is 167 Å². The number of hydrogen-bond donors (Lipinski definition) is 3. The molecule has 142 valence electrons. The normalized spacial score (nSPS) is 18.1. The smallest absolute Gasteiger partial charge is 0.191 e. The topological polar surface area (TPSA) is 82.0 Å². The number of β-amino-alcohol motifs (C(OH)–C–C–N with tert-alkyl or cyclic N) is 1. The van der Waals surface area contributed by atoms with Crippen molar-refractivity contribution in [1.82, 2.24) is 20.5 Å². The maximum absolute atomic E-state index is 10.6. The van der Waals surface area contributed by atoms with Crippen LogP contribution < -0.4 is 10.6 Å². The maximum atomic E-state index is 10.6. The summed E-state index contributed by atoms with van der Waals surface area (Å²) in [5.74, 6) is 0.686. The van der Waals surface area contributed by atoms with E-state index < -0.39 is 5.60 Å². The van der Waals surface area contributed by atoms with Gasteiger partial charge in [-0.3, -0.25) is 9.88 Å². The Morgan fingerprint density at radius 3 is 2.76 bits per heavy atom. The SMILES string of the molecule is CCNC(=NCc1ccccn1)NCC(C)(O)CN1CCOCC1.I. The van der Waals surface area contributed by atoms with Crippen LogP contribution in [0, 0.1) is 0 Å². The number of pyridine rings is 1. The third kappa shape index (κ3) is 8.80. The lowest BCUT2D eigenvalue weighted by molar-refractivity contribution is -0.0201. The van der Waals surface area contributed by atoms with Crippen LogP contribution in [0.5, 0.6) is 0 Å². The molecule has 1 aliphatic rings. The van der Waals surface area contributed by atoms with Crippen molar-refractivity contribution >= 4 is 29.9 Å². The van der Waals surface area contributed by atoms with Crippen molar-refractivity contribution in [2.24, 2.45) is 4.99 Å². The predicted molar refractivity (Wildman–Crippen MR) is 110 cm³/mol. The number of aromatic nitrogens is 1. The van der Waals surface area contributed by atoms with Gasteiger partial charge in [0.2, 0.25) is 0 Å². The second-order valence-corrected chi connectivity index (χ2v) is 6.26. The van der Waals surface area contributed by atoms with E-state index in [1.807, 2.05) is 32.0 Å². The van der Waals surface area contributed by atoms with Gasteiger partial charge in [-0.1, -0.05) is 6.07 Å². The number of nitrogens with one attached hydrogen (secondary N) is 2. The zero-order valence-electron chi connectivity index (χ0n) is 15.1. The molecule has 1 fully saturated rings. The fraction of sp³-hybridized carbons (Fsp3) is 0.647. The van der Waals surface area contributed by atoms with Gasteiger partial charge in [0.1, 0.15) is 0 Å². The molecular weight excluding hydrogens is 433 g/mol. The third-order valence-corrected chi connectivity index (χ3v) is 3.77. The zero-order valence-corrected chi connectivity index (χ0v) is 17.4. The molecule has 2 rings (SSSR count). The molecule has 0 saturated carbocycles. The first kappa shape index (κ1) is 22.1. The minimum atomic E-state index is -0.835. The van der Waals surface area contributed by atoms with Crippen molar-refractivity contribution in [2.75, 3.05) is 45.9 Å². The molecule has 2 heterocycles. The number of morpholine rings is 1. The Bertz CT molecular complexity index is 507. The first-order valence-electron chi connectivity index (χ1n) is 8.53. The minimum absolute atomic E-state index is 0. The molecule has 1 atom stereocenters. The Morgan fingerprint density at radius 1 is 1.36 bits per heavy atom. The Morgan fingerprint density at radius 2 is 2.12 bits per heavy atom. The first-order valence-corrected chi connectivity index (χ1v) is 8.53. The monoisotopic (exact) mass is 463 g/mol. The van der Waals surface area contributed by atoms with Crippen molar-refractivity contribution < 1.29 is 9.84 Å². The van der Waals surface area contributed by atoms with E-state index >= 15 is 0 Å². The van der Waals surface area contributed by atoms with E-state index in [1.165, 1.54) is 0 Å². The molecule has 0 aromatic carbocycles. The Balaban J connectivity index is 0.00000312. The van der Waals surface area contributed by atoms with Crippen molar-refractivity contribution in [3.8, 4) is 0 Å². The van der Waals surface area contributed by atoms with E-state index in [9.17, 15) is 5.11 Å². The van der Waals surface area contributed by atoms with Crippen LogP contribution in [0.3, 0.4) is 0 Å². The highest BCUT2D eigenvalue weighted by Gasteiger charge is 2.25. The summed E-state index contributed by atoms with van der Waals surface area (Å²) >= 11 is 0. The second-order valence-electron chi connectivity index (χ2n) is 6.26. The van der Waals surface area contributed by atoms with Crippen molar-refractivity contribution in [3.63, 3.8) is 0 Å². The molecule has 8 heteroatoms. The van der Waals surface area contributed by atoms with Gasteiger partial charge in [0.15, 0.2) is 5.96 Å². The van der Waals surface area contributed by atoms with Crippen LogP contribution in [0.1, 0.15) is 19.5 Å². The summed E-state index contributed by atoms with van der Waals surface area (Å²) in [4.78, 5) is 11.0. The molecule has 0 amide bonds. The maximum Gasteiger partial charge on any atom is 0.191 e. The van der Waals surface area contributed by atoms with Crippen LogP contribution in [0.2, 0.25) is 0 Å². The Kier molecular flexibility index (Phi) is 10.2. The number of aliphatic hydroxyl groups is 1. The number of ether oxygens (including phenoxy) is 1. The standard InChI is InChI=1S/C17H29N5O2.HI/c1-3-18-16(20-12-15-6-4-5-7-19-15)21-13-17(2,23)14-22-8-10-24-11-9-22;/h4-7,23H,3,8-14H2,1-2H3,(H2,18,20,21);1H. The summed E-state index contributed by atoms with van der Waals surface area (Å²) in [5, 5.41) is 17.0. The largest absolute Gasteiger partial charge is 0.387 e. The molecule has 1 aliphatic heterocycles. The molecule has 1 saturated heterocycles. The lowest BCUT2D eigenvalue weighted by Crippen LogP contribution is -2.52. The fourth-order valence-electron chi connectivity index (χ4n) is 2.56. The highest BCUT2D eigenvalue weighted by Crippen LogP contribution is 2.07. The van der Waals surface area contributed by atoms with Gasteiger partial charge in [-0.25, -0.2) is 4.99 Å². The summed E-state index contributed by atoms with van der Waals surface area (Å²) in [7, 11) is 0. The third-order valence-electron chi connectivity index (χ3n) is 3.77. The summed E-state index contributed by atoms with van der Waals surface area (Å²) in [6.45, 7) is 9.37. The van der Waals surface area contributed by atoms with Crippen LogP contribution in [0.15, 0.2) is 29.4 Å². The van der Waals surface area contributed by atoms with Crippen molar-refractivity contribution in [3.05, 3.63) is 30.1 Å². The van der Waals surface area contributed by atoms with Gasteiger partial charge in [0.05, 0.1) is 31.1 Å². The lowest BCUT2D eigenvalue weighted by Gasteiger charge is -2.34. The first-order chi connectivity index (χ1) is 11.6. The number of rotatable bonds is 7. The second kappa shape index (κ2) is 11.6. The zero-order chi connectivity index (χ0) is 17.3. The molecule has 0 bridgehead atoms. The Hall–Kier alpha value is -0.970. The molecule has 3 N–H and O–H groups in total. The van der Waals surface area contributed by atoms with E-state index in [0.717, 1.165) is 38.5 Å². The van der Waals surface area contributed by atoms with Crippen LogP contribution in [-0.2, 0) is 11.3 Å². The number of nitrogens with zero attached hydrogens (tertiary/aromatic N) is 3. The highest BCUT2D eigenvalue weighted by atomic mass is 127. The van der Waals surface area contributed by atoms with E-state index in [-0.39, 0.29) is 24.0 Å². The molecule has 1 unspecified atom stereocenters. The highest BCUT2D eigenvalue weighted by molar-refractivity contribution is 14.0. The van der Waals surface area contributed by atoms with Gasteiger partial charge in [0, 0.05) is 38.9 Å². The van der Waals surface area contributed by atoms with E-state index in [1.54, 1.807) is 6.20 Å². The van der Waals surface area contributed by atoms with Gasteiger partial charge in [-0.15, -0.1) is 24.0 Å². The number of halogens is 1. The summed E-state index contributed by atoms with van der Waals surface area (Å²) < 4.78 is 5.34. The van der Waals surface area contributed by atoms with Crippen LogP contribution >= 0.6 is 24.0 Å². The molecule has 0 radical (unpaired) electrons. The van der Waals surface area contributed by atoms with E-state index in [2.05, 4.69) is 25.5 Å². The number of guanidine groups is 1. The molecule has 1 aromatic rings. The number of aliphatic imine (C=N–C) groups is 1. The van der Waals surface area contributed by atoms with Crippen LogP contribution in [0.25, 0.3) is 0 Å². The van der Waals surface area contributed by atoms with Crippen molar-refractivity contribution in [1.29, 1.82) is 0 Å². The lowest BCUT2D eigenvalue weighted by atomic mass is 10.1. The number of hydrogen-bond acceptors (Lipinski definition) is 5. The summed E-state index contributed by atoms with van der Waals surface area (Å²) in [5.41, 5.74) is 0.0770. The average Bonchev–Trinajstić information content (AvgIpc) is 2.59. The minimum Gasteiger partial charge on any atom is -0.387 e. The van der Waals surface area contributed by atoms with Gasteiger partial charge in [-0.05, 0) is 26.0 Å². The molecule has 7 nitrogen and oxygen atoms in total. The van der Waals surface area contributed by atoms with Crippen LogP contribution in [-0.4, -0.2) is 72.5 Å². The summed E-state index contributed by atoms with van der Waals surface area (Å²) in [6, 6.07) is 5.78. The molecule has 1 aromatic heterocycles. The quantitative estimate of drug-likeness (QED) is 0.316. The van der Waals surface area contributed by atoms with Gasteiger partial charge in [-0.2, -0.15) is 0 Å². The van der Waals surface area contributed by atoms with Crippen molar-refractivity contribution in [2.45, 2.75) is 26.0 Å².